The average molecular weight is 525 g/mol. The quantitative estimate of drug-likeness (QED) is 0.278. The van der Waals surface area contributed by atoms with Crippen LogP contribution in [0.2, 0.25) is 0 Å². The predicted octanol–water partition coefficient (Wildman–Crippen LogP) is 5.20. The summed E-state index contributed by atoms with van der Waals surface area (Å²) in [5, 5.41) is 14.3. The Bertz CT molecular complexity index is 1500. The minimum atomic E-state index is -3.76. The molecule has 7 nitrogen and oxygen atoms in total. The number of nitrogens with one attached hydrogen (secondary N) is 3. The molecule has 0 spiro atoms. The van der Waals surface area contributed by atoms with Crippen LogP contribution in [0.25, 0.3) is 10.9 Å². The number of carbonyl (C=O) groups excluding carboxylic acids is 1. The largest absolute Gasteiger partial charge is 0.349 e. The van der Waals surface area contributed by atoms with E-state index in [-0.39, 0.29) is 16.7 Å². The fraction of sp³-hybridized carbons (Fsp3) is 0.200. The van der Waals surface area contributed by atoms with E-state index in [1.54, 1.807) is 30.5 Å². The van der Waals surface area contributed by atoms with Gasteiger partial charge in [0.1, 0.15) is 15.2 Å². The first kappa shape index (κ1) is 24.9. The number of amides is 1. The number of H-pyrrole nitrogens is 1. The predicted molar refractivity (Wildman–Crippen MR) is 142 cm³/mol. The number of hydrogen-bond acceptors (Lipinski definition) is 6. The van der Waals surface area contributed by atoms with Crippen LogP contribution < -0.4 is 10.0 Å². The van der Waals surface area contributed by atoms with Crippen LogP contribution in [0, 0.1) is 25.2 Å². The highest BCUT2D eigenvalue weighted by atomic mass is 32.2. The Labute approximate surface area is 212 Å². The van der Waals surface area contributed by atoms with E-state index in [1.165, 1.54) is 11.8 Å². The summed E-state index contributed by atoms with van der Waals surface area (Å²) in [4.78, 5) is 15.9. The lowest BCUT2D eigenvalue weighted by molar-refractivity contribution is 0.0951. The van der Waals surface area contributed by atoms with Crippen molar-refractivity contribution in [3.05, 3.63) is 82.4 Å². The lowest BCUT2D eigenvalue weighted by Crippen LogP contribution is -2.30. The van der Waals surface area contributed by atoms with Crippen molar-refractivity contribution in [2.75, 3.05) is 11.3 Å². The third-order valence-electron chi connectivity index (χ3n) is 5.31. The number of anilines is 1. The smallest absolute Gasteiger partial charge is 0.271 e. The highest BCUT2D eigenvalue weighted by Gasteiger charge is 2.21. The number of rotatable bonds is 9. The molecule has 0 aliphatic rings. The van der Waals surface area contributed by atoms with Crippen LogP contribution in [0.5, 0.6) is 0 Å². The van der Waals surface area contributed by atoms with E-state index < -0.39 is 15.3 Å². The number of benzene rings is 2. The van der Waals surface area contributed by atoms with Crippen molar-refractivity contribution in [3.8, 4) is 6.07 Å². The summed E-state index contributed by atoms with van der Waals surface area (Å²) in [6, 6.07) is 19.1. The van der Waals surface area contributed by atoms with Gasteiger partial charge in [0.15, 0.2) is 0 Å². The first-order valence-corrected chi connectivity index (χ1v) is 14.2. The number of hydrogen-bond donors (Lipinski definition) is 3. The monoisotopic (exact) mass is 524 g/mol. The zero-order chi connectivity index (χ0) is 25.0. The Balaban J connectivity index is 1.48. The van der Waals surface area contributed by atoms with Crippen LogP contribution in [-0.4, -0.2) is 31.1 Å². The molecular formula is C25H24N4O3S3. The van der Waals surface area contributed by atoms with Crippen molar-refractivity contribution in [3.63, 3.8) is 0 Å². The normalized spacial score (nSPS) is 12.3. The molecule has 3 N–H and O–H groups in total. The molecule has 0 saturated heterocycles. The summed E-state index contributed by atoms with van der Waals surface area (Å²) in [6.45, 7) is 3.81. The van der Waals surface area contributed by atoms with Crippen molar-refractivity contribution < 1.29 is 13.2 Å². The Morgan fingerprint density at radius 2 is 1.94 bits per heavy atom. The Kier molecular flexibility index (Phi) is 7.50. The molecule has 1 unspecified atom stereocenters. The van der Waals surface area contributed by atoms with Gasteiger partial charge in [0.2, 0.25) is 0 Å². The number of nitriles is 1. The molecule has 180 valence electrons. The molecule has 2 heterocycles. The number of aryl methyl sites for hydroxylation is 2. The molecule has 35 heavy (non-hydrogen) atoms. The van der Waals surface area contributed by atoms with Gasteiger partial charge in [-0.3, -0.25) is 9.52 Å². The van der Waals surface area contributed by atoms with Crippen molar-refractivity contribution in [1.82, 2.24) is 10.3 Å². The second-order valence-electron chi connectivity index (χ2n) is 8.08. The van der Waals surface area contributed by atoms with Gasteiger partial charge in [-0.25, -0.2) is 8.42 Å². The molecule has 0 saturated carbocycles. The minimum absolute atomic E-state index is 0.193. The average Bonchev–Trinajstić information content (AvgIpc) is 3.46. The first-order chi connectivity index (χ1) is 16.8. The number of fused-ring (bicyclic) bond motifs is 1. The van der Waals surface area contributed by atoms with Crippen molar-refractivity contribution >= 4 is 55.6 Å². The molecule has 0 radical (unpaired) electrons. The first-order valence-electron chi connectivity index (χ1n) is 10.8. The van der Waals surface area contributed by atoms with E-state index >= 15 is 0 Å². The Morgan fingerprint density at radius 3 is 2.63 bits per heavy atom. The van der Waals surface area contributed by atoms with E-state index in [2.05, 4.69) is 21.1 Å². The van der Waals surface area contributed by atoms with Gasteiger partial charge in [0.05, 0.1) is 17.3 Å². The van der Waals surface area contributed by atoms with Gasteiger partial charge in [0, 0.05) is 17.7 Å². The zero-order valence-corrected chi connectivity index (χ0v) is 21.6. The third-order valence-corrected chi connectivity index (χ3v) is 9.54. The molecule has 10 heteroatoms. The van der Waals surface area contributed by atoms with Crippen LogP contribution in [0.1, 0.15) is 27.2 Å². The summed E-state index contributed by atoms with van der Waals surface area (Å²) in [7, 11) is -3.76. The van der Waals surface area contributed by atoms with Gasteiger partial charge < -0.3 is 10.3 Å². The third kappa shape index (κ3) is 5.88. The number of sulfonamides is 1. The second kappa shape index (κ2) is 10.6. The highest BCUT2D eigenvalue weighted by Crippen LogP contribution is 2.30. The summed E-state index contributed by atoms with van der Waals surface area (Å²) in [6.07, 6.45) is 0. The van der Waals surface area contributed by atoms with Gasteiger partial charge >= 0.3 is 0 Å². The number of carbonyl (C=O) groups is 1. The molecule has 2 aromatic heterocycles. The fourth-order valence-electron chi connectivity index (χ4n) is 3.62. The van der Waals surface area contributed by atoms with Crippen molar-refractivity contribution in [1.29, 1.82) is 5.26 Å². The van der Waals surface area contributed by atoms with Crippen LogP contribution in [0.15, 0.2) is 64.2 Å². The van der Waals surface area contributed by atoms with E-state index in [9.17, 15) is 18.5 Å². The van der Waals surface area contributed by atoms with Gasteiger partial charge in [-0.1, -0.05) is 30.3 Å². The fourth-order valence-corrected chi connectivity index (χ4v) is 6.96. The number of aromatic nitrogens is 1. The molecule has 0 fully saturated rings. The molecule has 0 bridgehead atoms. The van der Waals surface area contributed by atoms with Crippen molar-refractivity contribution in [2.45, 2.75) is 29.1 Å². The standard InChI is InChI=1S/C25H24N4O3S3/c1-16-10-19-12-22(24(30)27-14-20(13-26)34-15-18-6-4-3-5-7-18)28-23(19)21(11-16)29-35(31,32)25-17(2)8-9-33-25/h3-12,20,28-29H,14-15H2,1-2H3,(H,27,30). The van der Waals surface area contributed by atoms with E-state index in [4.69, 9.17) is 0 Å². The number of thioether (sulfide) groups is 1. The molecule has 1 atom stereocenters. The minimum Gasteiger partial charge on any atom is -0.349 e. The maximum absolute atomic E-state index is 12.9. The summed E-state index contributed by atoms with van der Waals surface area (Å²) in [5.74, 6) is 0.315. The molecule has 4 aromatic rings. The molecule has 2 aromatic carbocycles. The molecule has 1 amide bonds. The lowest BCUT2D eigenvalue weighted by atomic mass is 10.1. The molecule has 0 aliphatic heterocycles. The maximum Gasteiger partial charge on any atom is 0.271 e. The van der Waals surface area contributed by atoms with Gasteiger partial charge in [-0.15, -0.1) is 23.1 Å². The lowest BCUT2D eigenvalue weighted by Gasteiger charge is -2.10. The SMILES string of the molecule is Cc1cc(NS(=O)(=O)c2sccc2C)c2[nH]c(C(=O)NCC(C#N)SCc3ccccc3)cc2c1. The summed E-state index contributed by atoms with van der Waals surface area (Å²) in [5.41, 5.74) is 3.83. The van der Waals surface area contributed by atoms with Crippen molar-refractivity contribution in [2.24, 2.45) is 0 Å². The summed E-state index contributed by atoms with van der Waals surface area (Å²) >= 11 is 2.62. The van der Waals surface area contributed by atoms with Crippen LogP contribution >= 0.6 is 23.1 Å². The van der Waals surface area contributed by atoms with E-state index in [0.29, 0.717) is 33.6 Å². The molecule has 4 rings (SSSR count). The number of aromatic amines is 1. The van der Waals surface area contributed by atoms with Gasteiger partial charge in [-0.05, 0) is 60.2 Å². The second-order valence-corrected chi connectivity index (χ2v) is 12.1. The van der Waals surface area contributed by atoms with Crippen LogP contribution in [0.4, 0.5) is 5.69 Å². The van der Waals surface area contributed by atoms with Crippen LogP contribution in [0.3, 0.4) is 0 Å². The van der Waals surface area contributed by atoms with Gasteiger partial charge in [-0.2, -0.15) is 5.26 Å². The van der Waals surface area contributed by atoms with E-state index in [0.717, 1.165) is 22.5 Å². The topological polar surface area (TPSA) is 115 Å². The van der Waals surface area contributed by atoms with Crippen LogP contribution in [-0.2, 0) is 15.8 Å². The maximum atomic E-state index is 12.9. The Morgan fingerprint density at radius 1 is 1.17 bits per heavy atom. The zero-order valence-electron chi connectivity index (χ0n) is 19.2. The van der Waals surface area contributed by atoms with Gasteiger partial charge in [0.25, 0.3) is 15.9 Å². The number of nitrogens with zero attached hydrogens (tertiary/aromatic N) is 1. The highest BCUT2D eigenvalue weighted by molar-refractivity contribution is 7.99. The molecular weight excluding hydrogens is 501 g/mol. The summed E-state index contributed by atoms with van der Waals surface area (Å²) < 4.78 is 28.8. The number of thiophene rings is 1. The Hall–Kier alpha value is -3.26. The molecule has 0 aliphatic carbocycles. The van der Waals surface area contributed by atoms with E-state index in [1.807, 2.05) is 43.3 Å².